The van der Waals surface area contributed by atoms with Crippen molar-refractivity contribution in [1.29, 1.82) is 0 Å². The first-order valence-electron chi connectivity index (χ1n) is 12.3. The number of carbonyl (C=O) groups excluding carboxylic acids is 2. The number of hydrogen-bond acceptors (Lipinski definition) is 6. The number of hydrogen-bond donors (Lipinski definition) is 1. The number of aliphatic hydroxyl groups is 1. The summed E-state index contributed by atoms with van der Waals surface area (Å²) in [7, 11) is 0. The molecule has 2 aliphatic heterocycles. The fraction of sp³-hybridized carbons (Fsp3) is 0.310. The molecule has 7 nitrogen and oxygen atoms in total. The lowest BCUT2D eigenvalue weighted by Crippen LogP contribution is -2.29. The number of carbonyl (C=O) groups is 2. The number of likely N-dealkylation sites (tertiary alicyclic amines) is 1. The Balaban J connectivity index is 1.59. The number of amides is 1. The van der Waals surface area contributed by atoms with Gasteiger partial charge in [-0.05, 0) is 66.9 Å². The second-order valence-electron chi connectivity index (χ2n) is 9.24. The fourth-order valence-electron chi connectivity index (χ4n) is 4.79. The lowest BCUT2D eigenvalue weighted by molar-refractivity contribution is -0.140. The first kappa shape index (κ1) is 23.7. The van der Waals surface area contributed by atoms with Crippen molar-refractivity contribution >= 4 is 17.4 Å². The summed E-state index contributed by atoms with van der Waals surface area (Å²) < 4.78 is 17.1. The van der Waals surface area contributed by atoms with Crippen molar-refractivity contribution in [2.75, 3.05) is 6.61 Å². The molecule has 36 heavy (non-hydrogen) atoms. The van der Waals surface area contributed by atoms with Gasteiger partial charge in [-0.15, -0.1) is 0 Å². The van der Waals surface area contributed by atoms with Crippen molar-refractivity contribution in [2.45, 2.75) is 51.8 Å². The number of nitrogens with zero attached hydrogens (tertiary/aromatic N) is 1. The predicted molar refractivity (Wildman–Crippen MR) is 134 cm³/mol. The molecule has 0 unspecified atom stereocenters. The lowest BCUT2D eigenvalue weighted by Gasteiger charge is -2.25. The number of rotatable bonds is 8. The minimum atomic E-state index is -0.798. The minimum Gasteiger partial charge on any atom is -0.507 e. The quantitative estimate of drug-likeness (QED) is 0.198. The Labute approximate surface area is 209 Å². The molecule has 7 heteroatoms. The normalized spacial score (nSPS) is 20.4. The molecule has 186 valence electrons. The molecule has 1 N–H and O–H groups in total. The third-order valence-electron chi connectivity index (χ3n) is 6.56. The van der Waals surface area contributed by atoms with Gasteiger partial charge in [0.2, 0.25) is 0 Å². The molecule has 0 saturated carbocycles. The molecular weight excluding hydrogens is 458 g/mol. The van der Waals surface area contributed by atoms with E-state index in [1.165, 1.54) is 11.2 Å². The number of aliphatic hydroxyl groups excluding tert-OH is 1. The zero-order valence-corrected chi connectivity index (χ0v) is 20.4. The van der Waals surface area contributed by atoms with Crippen LogP contribution in [0.15, 0.2) is 70.9 Å². The van der Waals surface area contributed by atoms with Crippen molar-refractivity contribution in [2.24, 2.45) is 0 Å². The Morgan fingerprint density at radius 1 is 1.14 bits per heavy atom. The van der Waals surface area contributed by atoms with Crippen LogP contribution in [-0.4, -0.2) is 34.4 Å². The Kier molecular flexibility index (Phi) is 6.55. The van der Waals surface area contributed by atoms with E-state index in [4.69, 9.17) is 13.9 Å². The van der Waals surface area contributed by atoms with Gasteiger partial charge in [0, 0.05) is 12.0 Å². The molecule has 2 aliphatic rings. The van der Waals surface area contributed by atoms with Gasteiger partial charge in [-0.2, -0.15) is 0 Å². The number of benzene rings is 2. The minimum absolute atomic E-state index is 0.0455. The van der Waals surface area contributed by atoms with E-state index in [9.17, 15) is 14.7 Å². The Morgan fingerprint density at radius 3 is 2.78 bits per heavy atom. The summed E-state index contributed by atoms with van der Waals surface area (Å²) in [4.78, 5) is 28.0. The average molecular weight is 488 g/mol. The van der Waals surface area contributed by atoms with E-state index < -0.39 is 17.7 Å². The van der Waals surface area contributed by atoms with E-state index in [1.807, 2.05) is 37.3 Å². The maximum Gasteiger partial charge on any atom is 0.296 e. The van der Waals surface area contributed by atoms with Gasteiger partial charge in [-0.1, -0.05) is 25.5 Å². The first-order chi connectivity index (χ1) is 17.5. The van der Waals surface area contributed by atoms with Gasteiger partial charge in [-0.3, -0.25) is 9.59 Å². The largest absolute Gasteiger partial charge is 0.507 e. The monoisotopic (exact) mass is 487 g/mol. The van der Waals surface area contributed by atoms with Gasteiger partial charge in [0.25, 0.3) is 11.7 Å². The number of unbranched alkanes of at least 4 members (excludes halogenated alkanes) is 1. The predicted octanol–water partition coefficient (Wildman–Crippen LogP) is 5.40. The molecule has 1 saturated heterocycles. The smallest absolute Gasteiger partial charge is 0.296 e. The van der Waals surface area contributed by atoms with Crippen molar-refractivity contribution < 1.29 is 28.6 Å². The highest BCUT2D eigenvalue weighted by molar-refractivity contribution is 6.46. The van der Waals surface area contributed by atoms with E-state index in [2.05, 4.69) is 6.92 Å². The van der Waals surface area contributed by atoms with Crippen LogP contribution in [0.1, 0.15) is 55.2 Å². The van der Waals surface area contributed by atoms with Crippen LogP contribution in [0.5, 0.6) is 11.5 Å². The number of fused-ring (bicyclic) bond motifs is 1. The van der Waals surface area contributed by atoms with Crippen LogP contribution >= 0.6 is 0 Å². The molecule has 0 bridgehead atoms. The van der Waals surface area contributed by atoms with Gasteiger partial charge in [0.05, 0.1) is 31.0 Å². The SMILES string of the molecule is CCCCOc1cccc([C@@H]2C(=C(O)c3ccc4c(c3)C[C@@H](C)O4)C(=O)C(=O)N2Cc2ccco2)c1. The zero-order chi connectivity index (χ0) is 25.2. The topological polar surface area (TPSA) is 89.2 Å². The Hall–Kier alpha value is -4.00. The van der Waals surface area contributed by atoms with Crippen molar-refractivity contribution in [3.63, 3.8) is 0 Å². The summed E-state index contributed by atoms with van der Waals surface area (Å²) in [6, 6.07) is 15.4. The molecule has 1 amide bonds. The standard InChI is InChI=1S/C29H29NO6/c1-3-4-12-34-22-8-5-7-19(16-22)26-25(28(32)29(33)30(26)17-23-9-6-13-35-23)27(31)20-10-11-24-21(15-20)14-18(2)36-24/h5-11,13,15-16,18,26,31H,3-4,12,14,17H2,1-2H3/t18-,26-/m1/s1. The number of ketones is 1. The zero-order valence-electron chi connectivity index (χ0n) is 20.4. The number of Topliss-reactive ketones (excluding diaryl/α,β-unsaturated/α-hetero) is 1. The van der Waals surface area contributed by atoms with Gasteiger partial charge in [0.15, 0.2) is 0 Å². The molecule has 1 aromatic heterocycles. The summed E-state index contributed by atoms with van der Waals surface area (Å²) in [6.45, 7) is 4.74. The molecule has 1 fully saturated rings. The molecular formula is C29H29NO6. The van der Waals surface area contributed by atoms with Crippen LogP contribution in [0.25, 0.3) is 5.76 Å². The number of ether oxygens (including phenoxy) is 2. The molecule has 2 atom stereocenters. The average Bonchev–Trinajstić information content (AvgIpc) is 3.58. The maximum absolute atomic E-state index is 13.3. The maximum atomic E-state index is 13.3. The third-order valence-corrected chi connectivity index (χ3v) is 6.56. The lowest BCUT2D eigenvalue weighted by atomic mass is 9.94. The highest BCUT2D eigenvalue weighted by Gasteiger charge is 2.46. The van der Waals surface area contributed by atoms with Crippen LogP contribution in [0.4, 0.5) is 0 Å². The van der Waals surface area contributed by atoms with E-state index in [0.29, 0.717) is 35.7 Å². The van der Waals surface area contributed by atoms with Crippen LogP contribution < -0.4 is 9.47 Å². The molecule has 3 aromatic rings. The second kappa shape index (κ2) is 9.93. The van der Waals surface area contributed by atoms with Crippen LogP contribution in [-0.2, 0) is 22.6 Å². The Bertz CT molecular complexity index is 1310. The second-order valence-corrected chi connectivity index (χ2v) is 9.24. The van der Waals surface area contributed by atoms with Crippen molar-refractivity contribution in [3.05, 3.63) is 88.9 Å². The van der Waals surface area contributed by atoms with E-state index in [0.717, 1.165) is 24.2 Å². The van der Waals surface area contributed by atoms with Gasteiger partial charge in [-0.25, -0.2) is 0 Å². The van der Waals surface area contributed by atoms with Gasteiger partial charge >= 0.3 is 0 Å². The van der Waals surface area contributed by atoms with E-state index in [-0.39, 0.29) is 24.0 Å². The van der Waals surface area contributed by atoms with E-state index >= 15 is 0 Å². The molecule has 0 aliphatic carbocycles. The molecule has 3 heterocycles. The first-order valence-corrected chi connectivity index (χ1v) is 12.3. The summed E-state index contributed by atoms with van der Waals surface area (Å²) in [5.41, 5.74) is 2.15. The van der Waals surface area contributed by atoms with Crippen molar-refractivity contribution in [1.82, 2.24) is 4.90 Å². The fourth-order valence-corrected chi connectivity index (χ4v) is 4.79. The molecule has 5 rings (SSSR count). The van der Waals surface area contributed by atoms with Crippen LogP contribution in [0.3, 0.4) is 0 Å². The van der Waals surface area contributed by atoms with Crippen molar-refractivity contribution in [3.8, 4) is 11.5 Å². The van der Waals surface area contributed by atoms with Gasteiger partial charge in [0.1, 0.15) is 29.1 Å². The summed E-state index contributed by atoms with van der Waals surface area (Å²) in [5, 5.41) is 11.4. The summed E-state index contributed by atoms with van der Waals surface area (Å²) in [6.07, 6.45) is 4.21. The summed E-state index contributed by atoms with van der Waals surface area (Å²) in [5.74, 6) is 0.333. The Morgan fingerprint density at radius 2 is 2.00 bits per heavy atom. The molecule has 0 spiro atoms. The van der Waals surface area contributed by atoms with E-state index in [1.54, 1.807) is 24.3 Å². The molecule has 2 aromatic carbocycles. The molecule has 0 radical (unpaired) electrons. The summed E-state index contributed by atoms with van der Waals surface area (Å²) >= 11 is 0. The number of furan rings is 1. The van der Waals surface area contributed by atoms with Crippen LogP contribution in [0, 0.1) is 0 Å². The third kappa shape index (κ3) is 4.49. The van der Waals surface area contributed by atoms with Gasteiger partial charge < -0.3 is 23.9 Å². The van der Waals surface area contributed by atoms with Crippen LogP contribution in [0.2, 0.25) is 0 Å². The highest BCUT2D eigenvalue weighted by atomic mass is 16.5. The highest BCUT2D eigenvalue weighted by Crippen LogP contribution is 2.42.